The van der Waals surface area contributed by atoms with E-state index in [-0.39, 0.29) is 24.0 Å². The number of nitrogens with one attached hydrogen (secondary N) is 2. The van der Waals surface area contributed by atoms with Gasteiger partial charge in [-0.3, -0.25) is 14.3 Å². The largest absolute Gasteiger partial charge is 0.484 e. The van der Waals surface area contributed by atoms with E-state index >= 15 is 0 Å². The highest BCUT2D eigenvalue weighted by molar-refractivity contribution is 6.03. The average molecular weight is 433 g/mol. The maximum atomic E-state index is 12.8. The summed E-state index contributed by atoms with van der Waals surface area (Å²) in [6.45, 7) is 6.12. The first-order valence-corrected chi connectivity index (χ1v) is 10.8. The molecule has 1 aliphatic rings. The van der Waals surface area contributed by atoms with Crippen LogP contribution in [0.5, 0.6) is 5.75 Å². The molecular formula is C25H28N4O3. The van der Waals surface area contributed by atoms with E-state index in [9.17, 15) is 9.59 Å². The van der Waals surface area contributed by atoms with Crippen molar-refractivity contribution in [1.82, 2.24) is 9.78 Å². The van der Waals surface area contributed by atoms with E-state index in [1.54, 1.807) is 24.3 Å². The quantitative estimate of drug-likeness (QED) is 0.562. The molecule has 1 heterocycles. The van der Waals surface area contributed by atoms with Gasteiger partial charge in [0.1, 0.15) is 5.75 Å². The Morgan fingerprint density at radius 3 is 2.41 bits per heavy atom. The normalized spacial score (nSPS) is 13.5. The summed E-state index contributed by atoms with van der Waals surface area (Å²) >= 11 is 0. The Hall–Kier alpha value is -3.61. The molecule has 0 saturated heterocycles. The van der Waals surface area contributed by atoms with Crippen LogP contribution < -0.4 is 15.4 Å². The molecule has 7 heteroatoms. The smallest absolute Gasteiger partial charge is 0.276 e. The maximum Gasteiger partial charge on any atom is 0.276 e. The second-order valence-electron chi connectivity index (χ2n) is 9.00. The summed E-state index contributed by atoms with van der Waals surface area (Å²) < 4.78 is 7.56. The highest BCUT2D eigenvalue weighted by atomic mass is 16.5. The van der Waals surface area contributed by atoms with E-state index in [1.807, 2.05) is 41.1 Å². The van der Waals surface area contributed by atoms with E-state index in [2.05, 4.69) is 36.5 Å². The number of benzene rings is 2. The lowest BCUT2D eigenvalue weighted by atomic mass is 10.1. The van der Waals surface area contributed by atoms with Crippen molar-refractivity contribution >= 4 is 23.2 Å². The van der Waals surface area contributed by atoms with Gasteiger partial charge in [-0.15, -0.1) is 0 Å². The van der Waals surface area contributed by atoms with Gasteiger partial charge in [-0.25, -0.2) is 0 Å². The Bertz CT molecular complexity index is 1110. The van der Waals surface area contributed by atoms with Crippen LogP contribution >= 0.6 is 0 Å². The molecule has 32 heavy (non-hydrogen) atoms. The summed E-state index contributed by atoms with van der Waals surface area (Å²) in [6.07, 6.45) is 2.28. The molecule has 0 unspecified atom stereocenters. The van der Waals surface area contributed by atoms with Crippen LogP contribution in [0.25, 0.3) is 0 Å². The van der Waals surface area contributed by atoms with Crippen molar-refractivity contribution in [2.24, 2.45) is 0 Å². The zero-order chi connectivity index (χ0) is 22.7. The number of para-hydroxylation sites is 1. The molecule has 0 radical (unpaired) electrons. The lowest BCUT2D eigenvalue weighted by Gasteiger charge is -2.22. The summed E-state index contributed by atoms with van der Waals surface area (Å²) in [5, 5.41) is 10.2. The minimum absolute atomic E-state index is 0.132. The van der Waals surface area contributed by atoms with Gasteiger partial charge in [0, 0.05) is 29.1 Å². The molecule has 7 nitrogen and oxygen atoms in total. The fourth-order valence-corrected chi connectivity index (χ4v) is 3.44. The molecule has 0 bridgehead atoms. The molecule has 2 aromatic carbocycles. The first-order chi connectivity index (χ1) is 15.3. The lowest BCUT2D eigenvalue weighted by Crippen LogP contribution is -2.25. The fourth-order valence-electron chi connectivity index (χ4n) is 3.44. The van der Waals surface area contributed by atoms with Crippen molar-refractivity contribution in [2.75, 3.05) is 17.2 Å². The molecule has 0 aliphatic heterocycles. The number of nitrogens with zero attached hydrogens (tertiary/aromatic N) is 2. The van der Waals surface area contributed by atoms with E-state index in [0.29, 0.717) is 28.7 Å². The number of carbonyl (C=O) groups is 2. The van der Waals surface area contributed by atoms with Crippen molar-refractivity contribution in [2.45, 2.75) is 45.1 Å². The summed E-state index contributed by atoms with van der Waals surface area (Å²) in [6, 6.07) is 18.1. The number of rotatable bonds is 7. The topological polar surface area (TPSA) is 85.2 Å². The van der Waals surface area contributed by atoms with E-state index in [1.165, 1.54) is 0 Å². The first kappa shape index (κ1) is 21.6. The summed E-state index contributed by atoms with van der Waals surface area (Å²) in [4.78, 5) is 24.9. The summed E-state index contributed by atoms with van der Waals surface area (Å²) in [7, 11) is 0. The number of ether oxygens (including phenoxy) is 1. The molecule has 3 aromatic rings. The van der Waals surface area contributed by atoms with Crippen molar-refractivity contribution in [3.05, 3.63) is 72.1 Å². The third-order valence-corrected chi connectivity index (χ3v) is 5.12. The van der Waals surface area contributed by atoms with Crippen molar-refractivity contribution < 1.29 is 14.3 Å². The van der Waals surface area contributed by atoms with Gasteiger partial charge in [-0.1, -0.05) is 24.3 Å². The molecule has 1 saturated carbocycles. The highest BCUT2D eigenvalue weighted by Gasteiger charge is 2.32. The van der Waals surface area contributed by atoms with Crippen molar-refractivity contribution in [3.8, 4) is 5.75 Å². The molecule has 0 spiro atoms. The number of anilines is 2. The monoisotopic (exact) mass is 432 g/mol. The second-order valence-corrected chi connectivity index (χ2v) is 9.00. The third-order valence-electron chi connectivity index (χ3n) is 5.12. The van der Waals surface area contributed by atoms with E-state index in [0.717, 1.165) is 18.5 Å². The Kier molecular flexibility index (Phi) is 5.99. The predicted molar refractivity (Wildman–Crippen MR) is 124 cm³/mol. The van der Waals surface area contributed by atoms with Gasteiger partial charge in [-0.05, 0) is 63.9 Å². The minimum atomic E-state index is -0.270. The Morgan fingerprint density at radius 2 is 1.72 bits per heavy atom. The molecule has 166 valence electrons. The molecule has 2 N–H and O–H groups in total. The summed E-state index contributed by atoms with van der Waals surface area (Å²) in [5.74, 6) is 0.451. The van der Waals surface area contributed by atoms with Crippen LogP contribution in [-0.4, -0.2) is 28.2 Å². The fraction of sp³-hybridized carbons (Fsp3) is 0.320. The lowest BCUT2D eigenvalue weighted by molar-refractivity contribution is -0.118. The van der Waals surface area contributed by atoms with Gasteiger partial charge in [-0.2, -0.15) is 5.10 Å². The third kappa shape index (κ3) is 5.35. The van der Waals surface area contributed by atoms with Gasteiger partial charge in [0.2, 0.25) is 0 Å². The molecule has 1 fully saturated rings. The van der Waals surface area contributed by atoms with Gasteiger partial charge in [0.15, 0.2) is 12.3 Å². The Labute approximate surface area is 187 Å². The minimum Gasteiger partial charge on any atom is -0.484 e. The number of carbonyl (C=O) groups excluding carboxylic acids is 2. The maximum absolute atomic E-state index is 12.8. The molecule has 1 aliphatic carbocycles. The van der Waals surface area contributed by atoms with Crippen LogP contribution in [0.15, 0.2) is 60.7 Å². The van der Waals surface area contributed by atoms with Crippen LogP contribution in [0.3, 0.4) is 0 Å². The van der Waals surface area contributed by atoms with Gasteiger partial charge in [0.05, 0.1) is 5.54 Å². The zero-order valence-electron chi connectivity index (χ0n) is 18.6. The van der Waals surface area contributed by atoms with Crippen LogP contribution in [0.1, 0.15) is 55.7 Å². The van der Waals surface area contributed by atoms with Crippen LogP contribution in [0, 0.1) is 0 Å². The highest BCUT2D eigenvalue weighted by Crippen LogP contribution is 2.41. The molecular weight excluding hydrogens is 404 g/mol. The predicted octanol–water partition coefficient (Wildman–Crippen LogP) is 4.79. The number of hydrogen-bond donors (Lipinski definition) is 2. The van der Waals surface area contributed by atoms with Crippen molar-refractivity contribution in [3.63, 3.8) is 0 Å². The molecule has 0 atom stereocenters. The van der Waals surface area contributed by atoms with Crippen LogP contribution in [0.2, 0.25) is 0 Å². The van der Waals surface area contributed by atoms with E-state index in [4.69, 9.17) is 4.74 Å². The van der Waals surface area contributed by atoms with Crippen molar-refractivity contribution in [1.29, 1.82) is 0 Å². The number of aromatic nitrogens is 2. The molecule has 4 rings (SSSR count). The van der Waals surface area contributed by atoms with Gasteiger partial charge >= 0.3 is 0 Å². The van der Waals surface area contributed by atoms with Gasteiger partial charge in [0.25, 0.3) is 11.8 Å². The standard InChI is InChI=1S/C25H28N4O3/c1-25(2,3)29-22(17-12-13-17)15-21(28-29)24(31)27-19-10-7-11-20(14-19)32-16-23(30)26-18-8-5-4-6-9-18/h4-11,14-15,17H,12-13,16H2,1-3H3,(H,26,30)(H,27,31). The molecule has 1 aromatic heterocycles. The average Bonchev–Trinajstić information content (AvgIpc) is 3.49. The van der Waals surface area contributed by atoms with E-state index < -0.39 is 0 Å². The van der Waals surface area contributed by atoms with Gasteiger partial charge < -0.3 is 15.4 Å². The Morgan fingerprint density at radius 1 is 1.00 bits per heavy atom. The number of amides is 2. The zero-order valence-corrected chi connectivity index (χ0v) is 18.6. The Balaban J connectivity index is 1.38. The van der Waals surface area contributed by atoms with Crippen LogP contribution in [0.4, 0.5) is 11.4 Å². The number of hydrogen-bond acceptors (Lipinski definition) is 4. The first-order valence-electron chi connectivity index (χ1n) is 10.8. The summed E-state index contributed by atoms with van der Waals surface area (Å²) in [5.41, 5.74) is 2.61. The SMILES string of the molecule is CC(C)(C)n1nc(C(=O)Nc2cccc(OCC(=O)Nc3ccccc3)c2)cc1C1CC1. The molecule has 2 amide bonds. The van der Waals surface area contributed by atoms with Crippen LogP contribution in [-0.2, 0) is 10.3 Å². The second kappa shape index (κ2) is 8.86.